The van der Waals surface area contributed by atoms with Gasteiger partial charge in [0, 0.05) is 4.91 Å². The molecule has 2 unspecified atom stereocenters. The first-order valence-electron chi connectivity index (χ1n) is 9.55. The highest BCUT2D eigenvalue weighted by atomic mass is 16.5. The van der Waals surface area contributed by atoms with E-state index in [1.807, 2.05) is 13.8 Å². The Bertz CT molecular complexity index is 567. The number of hydrogen-bond acceptors (Lipinski definition) is 5. The number of ketones is 1. The standard InChI is InChI=1S/C18H32BN4O3/c1-12(24)18(22-23-20)9-13-10-21-11-14(13)15(18)7-6-8-19-26-17(4,5)16(2,3)25/h13-15,21,25H,6-11H2,1-5H3/t13-,14+,15?,18?/m0/s1. The molecule has 1 radical (unpaired) electrons. The van der Waals surface area contributed by atoms with Crippen LogP contribution in [0, 0.1) is 17.8 Å². The van der Waals surface area contributed by atoms with E-state index in [1.54, 1.807) is 28.3 Å². The Hall–Kier alpha value is -1.08. The summed E-state index contributed by atoms with van der Waals surface area (Å²) in [5.74, 6) is 0.853. The minimum atomic E-state index is -0.941. The minimum Gasteiger partial charge on any atom is -0.433 e. The largest absolute Gasteiger partial charge is 0.433 e. The minimum absolute atomic E-state index is 0.0157. The fraction of sp³-hybridized carbons (Fsp3) is 0.944. The van der Waals surface area contributed by atoms with E-state index in [4.69, 9.17) is 10.2 Å². The monoisotopic (exact) mass is 363 g/mol. The van der Waals surface area contributed by atoms with Crippen LogP contribution in [0.2, 0.25) is 6.32 Å². The van der Waals surface area contributed by atoms with Crippen LogP contribution >= 0.6 is 0 Å². The smallest absolute Gasteiger partial charge is 0.293 e. The van der Waals surface area contributed by atoms with E-state index in [2.05, 4.69) is 15.3 Å². The zero-order valence-corrected chi connectivity index (χ0v) is 16.7. The molecule has 2 aliphatic rings. The second-order valence-corrected chi connectivity index (χ2v) is 8.85. The summed E-state index contributed by atoms with van der Waals surface area (Å²) >= 11 is 0. The van der Waals surface area contributed by atoms with Crippen molar-refractivity contribution >= 4 is 13.3 Å². The molecule has 7 nitrogen and oxygen atoms in total. The van der Waals surface area contributed by atoms with Gasteiger partial charge in [0.25, 0.3) is 7.48 Å². The van der Waals surface area contributed by atoms with E-state index in [0.717, 1.165) is 32.3 Å². The van der Waals surface area contributed by atoms with Gasteiger partial charge in [0.15, 0.2) is 0 Å². The van der Waals surface area contributed by atoms with E-state index < -0.39 is 16.7 Å². The maximum atomic E-state index is 12.4. The number of Topliss-reactive ketones (excluding diaryl/α,β-unsaturated/α-hetero) is 1. The predicted molar refractivity (Wildman–Crippen MR) is 102 cm³/mol. The van der Waals surface area contributed by atoms with Crippen molar-refractivity contribution in [2.75, 3.05) is 13.1 Å². The van der Waals surface area contributed by atoms with Gasteiger partial charge in [-0.2, -0.15) is 0 Å². The summed E-state index contributed by atoms with van der Waals surface area (Å²) in [4.78, 5) is 15.4. The summed E-state index contributed by atoms with van der Waals surface area (Å²) in [5.41, 5.74) is 6.54. The van der Waals surface area contributed by atoms with Gasteiger partial charge < -0.3 is 15.1 Å². The molecule has 26 heavy (non-hydrogen) atoms. The molecule has 0 aromatic heterocycles. The first kappa shape index (κ1) is 21.2. The van der Waals surface area contributed by atoms with Crippen LogP contribution in [0.1, 0.15) is 53.9 Å². The number of carbonyl (C=O) groups excluding carboxylic acids is 1. The topological polar surface area (TPSA) is 107 Å². The van der Waals surface area contributed by atoms with E-state index in [0.29, 0.717) is 18.3 Å². The van der Waals surface area contributed by atoms with Gasteiger partial charge in [-0.25, -0.2) is 0 Å². The van der Waals surface area contributed by atoms with Gasteiger partial charge in [0.05, 0.1) is 11.2 Å². The first-order valence-corrected chi connectivity index (χ1v) is 9.55. The normalized spacial score (nSPS) is 31.4. The highest BCUT2D eigenvalue weighted by Gasteiger charge is 2.56. The lowest BCUT2D eigenvalue weighted by Gasteiger charge is -2.37. The Morgan fingerprint density at radius 3 is 2.69 bits per heavy atom. The first-order chi connectivity index (χ1) is 12.0. The zero-order chi connectivity index (χ0) is 19.6. The lowest BCUT2D eigenvalue weighted by Crippen LogP contribution is -2.48. The van der Waals surface area contributed by atoms with Gasteiger partial charge in [-0.3, -0.25) is 4.79 Å². The van der Waals surface area contributed by atoms with E-state index >= 15 is 0 Å². The molecule has 1 aliphatic heterocycles. The number of nitrogens with zero attached hydrogens (tertiary/aromatic N) is 3. The summed E-state index contributed by atoms with van der Waals surface area (Å²) in [5, 5.41) is 17.6. The van der Waals surface area contributed by atoms with Gasteiger partial charge in [-0.1, -0.05) is 17.9 Å². The average Bonchev–Trinajstić information content (AvgIpc) is 3.06. The van der Waals surface area contributed by atoms with E-state index in [9.17, 15) is 9.90 Å². The highest BCUT2D eigenvalue weighted by Crippen LogP contribution is 2.51. The molecule has 0 aromatic rings. The van der Waals surface area contributed by atoms with Gasteiger partial charge in [-0.05, 0) is 83.8 Å². The molecule has 1 heterocycles. The third-order valence-corrected chi connectivity index (χ3v) is 6.62. The Labute approximate surface area is 157 Å². The summed E-state index contributed by atoms with van der Waals surface area (Å²) in [7, 11) is 1.75. The molecule has 1 saturated carbocycles. The number of nitrogens with one attached hydrogen (secondary N) is 1. The van der Waals surface area contributed by atoms with Crippen LogP contribution in [-0.4, -0.2) is 48.2 Å². The SMILES string of the molecule is CC(=O)C1(N=[N+]=[N-])C[C@H]2CNC[C@H]2C1CCC[B]OC(C)(C)C(C)(C)O. The molecule has 145 valence electrons. The second-order valence-electron chi connectivity index (χ2n) is 8.85. The molecule has 2 N–H and O–H groups in total. The number of fused-ring (bicyclic) bond motifs is 1. The molecule has 2 fully saturated rings. The molecule has 0 bridgehead atoms. The lowest BCUT2D eigenvalue weighted by atomic mass is 9.76. The van der Waals surface area contributed by atoms with Crippen LogP contribution in [0.15, 0.2) is 5.11 Å². The fourth-order valence-electron chi connectivity index (χ4n) is 4.31. The lowest BCUT2D eigenvalue weighted by molar-refractivity contribution is -0.123. The van der Waals surface area contributed by atoms with E-state index in [-0.39, 0.29) is 11.7 Å². The number of azide groups is 1. The molecule has 2 rings (SSSR count). The van der Waals surface area contributed by atoms with Gasteiger partial charge >= 0.3 is 0 Å². The molecule has 4 atom stereocenters. The van der Waals surface area contributed by atoms with Gasteiger partial charge in [0.2, 0.25) is 0 Å². The Balaban J connectivity index is 1.95. The van der Waals surface area contributed by atoms with Crippen molar-refractivity contribution in [3.63, 3.8) is 0 Å². The third-order valence-electron chi connectivity index (χ3n) is 6.62. The van der Waals surface area contributed by atoms with Crippen molar-refractivity contribution in [3.05, 3.63) is 10.4 Å². The maximum absolute atomic E-state index is 12.4. The number of rotatable bonds is 9. The summed E-state index contributed by atoms with van der Waals surface area (Å²) in [6.45, 7) is 10.5. The van der Waals surface area contributed by atoms with Crippen LogP contribution in [0.5, 0.6) is 0 Å². The molecule has 1 saturated heterocycles. The summed E-state index contributed by atoms with van der Waals surface area (Å²) in [6.07, 6.45) is 3.06. The van der Waals surface area contributed by atoms with Gasteiger partial charge in [0.1, 0.15) is 11.3 Å². The Kier molecular flexibility index (Phi) is 6.44. The van der Waals surface area contributed by atoms with Crippen LogP contribution < -0.4 is 5.32 Å². The van der Waals surface area contributed by atoms with Crippen LogP contribution in [0.4, 0.5) is 0 Å². The molecule has 1 aliphatic carbocycles. The molecule has 8 heteroatoms. The van der Waals surface area contributed by atoms with Crippen molar-refractivity contribution < 1.29 is 14.6 Å². The van der Waals surface area contributed by atoms with Crippen LogP contribution in [0.3, 0.4) is 0 Å². The number of hydrogen-bond donors (Lipinski definition) is 2. The predicted octanol–water partition coefficient (Wildman–Crippen LogP) is 2.86. The number of aliphatic hydroxyl groups is 1. The second kappa shape index (κ2) is 7.89. The average molecular weight is 363 g/mol. The van der Waals surface area contributed by atoms with Crippen LogP contribution in [0.25, 0.3) is 10.4 Å². The highest BCUT2D eigenvalue weighted by molar-refractivity contribution is 6.27. The van der Waals surface area contributed by atoms with Crippen molar-refractivity contribution in [1.82, 2.24) is 5.32 Å². The summed E-state index contributed by atoms with van der Waals surface area (Å²) < 4.78 is 5.76. The molecule has 0 amide bonds. The van der Waals surface area contributed by atoms with Crippen molar-refractivity contribution in [2.45, 2.75) is 76.9 Å². The molecular formula is C18H32BN4O3. The quantitative estimate of drug-likeness (QED) is 0.216. The van der Waals surface area contributed by atoms with Gasteiger partial charge in [-0.15, -0.1) is 0 Å². The zero-order valence-electron chi connectivity index (χ0n) is 16.7. The van der Waals surface area contributed by atoms with E-state index in [1.165, 1.54) is 0 Å². The fourth-order valence-corrected chi connectivity index (χ4v) is 4.31. The van der Waals surface area contributed by atoms with Crippen molar-refractivity contribution in [1.29, 1.82) is 0 Å². The summed E-state index contributed by atoms with van der Waals surface area (Å²) in [6, 6.07) is 0. The molecule has 0 spiro atoms. The maximum Gasteiger partial charge on any atom is 0.293 e. The van der Waals surface area contributed by atoms with Crippen molar-refractivity contribution in [3.8, 4) is 0 Å². The number of carbonyl (C=O) groups is 1. The van der Waals surface area contributed by atoms with Crippen LogP contribution in [-0.2, 0) is 9.45 Å². The Morgan fingerprint density at radius 1 is 1.42 bits per heavy atom. The van der Waals surface area contributed by atoms with Crippen molar-refractivity contribution in [2.24, 2.45) is 22.9 Å². The third kappa shape index (κ3) is 4.09. The molecular weight excluding hydrogens is 331 g/mol. The molecule has 0 aromatic carbocycles. The Morgan fingerprint density at radius 2 is 2.12 bits per heavy atom.